The number of carbonyl (C=O) groups is 1. The summed E-state index contributed by atoms with van der Waals surface area (Å²) < 4.78 is 31.4. The molecule has 0 spiro atoms. The second-order valence-corrected chi connectivity index (χ2v) is 8.18. The molecule has 0 N–H and O–H groups in total. The van der Waals surface area contributed by atoms with Crippen LogP contribution in [0.2, 0.25) is 0 Å². The Bertz CT molecular complexity index is 1260. The van der Waals surface area contributed by atoms with Crippen LogP contribution in [0, 0.1) is 5.82 Å². The number of fused-ring (bicyclic) bond motifs is 1. The van der Waals surface area contributed by atoms with E-state index in [0.717, 1.165) is 11.0 Å². The molecule has 4 rings (SSSR count). The van der Waals surface area contributed by atoms with E-state index in [2.05, 4.69) is 30.3 Å². The monoisotopic (exact) mass is 504 g/mol. The Balaban J connectivity index is 1.70. The van der Waals surface area contributed by atoms with Gasteiger partial charge in [-0.15, -0.1) is 0 Å². The van der Waals surface area contributed by atoms with Gasteiger partial charge in [0.15, 0.2) is 0 Å². The van der Waals surface area contributed by atoms with Gasteiger partial charge >= 0.3 is 5.97 Å². The summed E-state index contributed by atoms with van der Waals surface area (Å²) in [5, 5.41) is 0.639. The van der Waals surface area contributed by atoms with Crippen molar-refractivity contribution in [1.29, 1.82) is 0 Å². The maximum absolute atomic E-state index is 14.9. The van der Waals surface area contributed by atoms with E-state index in [1.807, 2.05) is 10.6 Å². The molecule has 4 aromatic rings. The van der Waals surface area contributed by atoms with Gasteiger partial charge in [-0.25, -0.2) is 19.2 Å². The topological polar surface area (TPSA) is 79.1 Å². The number of rotatable bonds is 7. The largest absolute Gasteiger partial charge is 0.465 e. The van der Waals surface area contributed by atoms with E-state index in [-0.39, 0.29) is 12.2 Å². The van der Waals surface area contributed by atoms with Crippen molar-refractivity contribution < 1.29 is 18.7 Å². The third-order valence-electron chi connectivity index (χ3n) is 4.82. The number of carbonyl (C=O) groups excluding carboxylic acids is 1. The number of hydrogen-bond acceptors (Lipinski definition) is 7. The molecular weight excluding hydrogens is 487 g/mol. The van der Waals surface area contributed by atoms with Crippen LogP contribution in [0.15, 0.2) is 41.1 Å². The molecule has 0 saturated heterocycles. The summed E-state index contributed by atoms with van der Waals surface area (Å²) in [6.07, 6.45) is 0.290. The van der Waals surface area contributed by atoms with Gasteiger partial charge in [-0.05, 0) is 57.3 Å². The normalized spacial score (nSPS) is 11.2. The molecule has 0 bridgehead atoms. The van der Waals surface area contributed by atoms with Gasteiger partial charge in [-0.2, -0.15) is 4.37 Å². The Labute approximate surface area is 190 Å². The van der Waals surface area contributed by atoms with Crippen LogP contribution in [0.4, 0.5) is 4.39 Å². The van der Waals surface area contributed by atoms with Crippen LogP contribution in [0.3, 0.4) is 0 Å². The van der Waals surface area contributed by atoms with E-state index in [9.17, 15) is 9.18 Å². The highest BCUT2D eigenvalue weighted by Crippen LogP contribution is 2.27. The molecular formula is C21H18BrFN4O3S. The molecule has 0 aliphatic heterocycles. The first-order valence-corrected chi connectivity index (χ1v) is 10.9. The number of nitrogens with zero attached hydrogens (tertiary/aromatic N) is 4. The molecule has 0 radical (unpaired) electrons. The van der Waals surface area contributed by atoms with Gasteiger partial charge < -0.3 is 14.0 Å². The van der Waals surface area contributed by atoms with Gasteiger partial charge in [-0.1, -0.05) is 12.1 Å². The van der Waals surface area contributed by atoms with Crippen LogP contribution >= 0.6 is 27.5 Å². The highest BCUT2D eigenvalue weighted by Gasteiger charge is 2.17. The highest BCUT2D eigenvalue weighted by atomic mass is 79.9. The molecule has 0 aliphatic carbocycles. The second-order valence-electron chi connectivity index (χ2n) is 6.72. The molecule has 2 heterocycles. The van der Waals surface area contributed by atoms with Crippen molar-refractivity contribution >= 4 is 44.5 Å². The smallest absolute Gasteiger partial charge is 0.337 e. The molecule has 0 atom stereocenters. The second kappa shape index (κ2) is 9.21. The highest BCUT2D eigenvalue weighted by molar-refractivity contribution is 9.10. The van der Waals surface area contributed by atoms with Crippen molar-refractivity contribution in [2.75, 3.05) is 20.8 Å². The Kier molecular flexibility index (Phi) is 6.40. The molecule has 0 amide bonds. The van der Waals surface area contributed by atoms with Crippen molar-refractivity contribution in [2.24, 2.45) is 0 Å². The number of hydrogen-bond donors (Lipinski definition) is 0. The zero-order valence-electron chi connectivity index (χ0n) is 16.8. The number of aromatic nitrogens is 4. The van der Waals surface area contributed by atoms with Gasteiger partial charge in [-0.3, -0.25) is 0 Å². The third-order valence-corrected chi connectivity index (χ3v) is 6.17. The van der Waals surface area contributed by atoms with Crippen molar-refractivity contribution in [3.05, 3.63) is 63.9 Å². The predicted octanol–water partition coefficient (Wildman–Crippen LogP) is 4.48. The number of esters is 1. The van der Waals surface area contributed by atoms with Gasteiger partial charge in [0.1, 0.15) is 16.6 Å². The van der Waals surface area contributed by atoms with Gasteiger partial charge in [0.2, 0.25) is 4.73 Å². The Hall–Kier alpha value is -2.69. The van der Waals surface area contributed by atoms with E-state index in [0.29, 0.717) is 45.4 Å². The standard InChI is InChI=1S/C21H18BrFN4O3S/c1-29-8-7-27-17-10-14(20(28)30-2)5-6-16(17)24-18(27)11-12-3-4-13(9-15(12)23)19-25-21(22)26-31-19/h3-6,9-10H,7-8,11H2,1-2H3. The number of ether oxygens (including phenoxy) is 2. The molecule has 2 aromatic heterocycles. The fourth-order valence-corrected chi connectivity index (χ4v) is 4.38. The summed E-state index contributed by atoms with van der Waals surface area (Å²) >= 11 is 4.41. The molecule has 2 aromatic carbocycles. The average Bonchev–Trinajstić information content (AvgIpc) is 3.35. The van der Waals surface area contributed by atoms with E-state index in [1.165, 1.54) is 24.7 Å². The van der Waals surface area contributed by atoms with Gasteiger partial charge in [0.05, 0.1) is 30.3 Å². The molecule has 31 heavy (non-hydrogen) atoms. The maximum Gasteiger partial charge on any atom is 0.337 e. The van der Waals surface area contributed by atoms with Crippen molar-refractivity contribution in [3.8, 4) is 10.6 Å². The van der Waals surface area contributed by atoms with Crippen LogP contribution in [-0.4, -0.2) is 45.7 Å². The van der Waals surface area contributed by atoms with Crippen LogP contribution in [0.5, 0.6) is 0 Å². The van der Waals surface area contributed by atoms with Gasteiger partial charge in [0, 0.05) is 25.6 Å². The van der Waals surface area contributed by atoms with E-state index >= 15 is 0 Å². The zero-order valence-corrected chi connectivity index (χ0v) is 19.2. The minimum atomic E-state index is -0.423. The van der Waals surface area contributed by atoms with Crippen LogP contribution in [-0.2, 0) is 22.4 Å². The lowest BCUT2D eigenvalue weighted by Crippen LogP contribution is -2.10. The minimum Gasteiger partial charge on any atom is -0.465 e. The van der Waals surface area contributed by atoms with Gasteiger partial charge in [0.25, 0.3) is 0 Å². The van der Waals surface area contributed by atoms with E-state index < -0.39 is 5.97 Å². The molecule has 0 fully saturated rings. The summed E-state index contributed by atoms with van der Waals surface area (Å²) in [5.41, 5.74) is 3.09. The third kappa shape index (κ3) is 4.51. The van der Waals surface area contributed by atoms with Crippen LogP contribution in [0.25, 0.3) is 21.6 Å². The minimum absolute atomic E-state index is 0.290. The Morgan fingerprint density at radius 3 is 2.71 bits per heavy atom. The number of halogens is 2. The zero-order chi connectivity index (χ0) is 22.0. The van der Waals surface area contributed by atoms with E-state index in [1.54, 1.807) is 31.4 Å². The Morgan fingerprint density at radius 2 is 2.03 bits per heavy atom. The SMILES string of the molecule is COCCn1c(Cc2ccc(-c3nc(Br)ns3)cc2F)nc2ccc(C(=O)OC)cc21. The lowest BCUT2D eigenvalue weighted by Gasteiger charge is -2.10. The first kappa shape index (κ1) is 21.5. The fourth-order valence-electron chi connectivity index (χ4n) is 3.30. The molecule has 0 saturated carbocycles. The average molecular weight is 505 g/mol. The first-order chi connectivity index (χ1) is 15.0. The van der Waals surface area contributed by atoms with Crippen LogP contribution < -0.4 is 0 Å². The summed E-state index contributed by atoms with van der Waals surface area (Å²) in [7, 11) is 2.95. The fraction of sp³-hybridized carbons (Fsp3) is 0.238. The van der Waals surface area contributed by atoms with Crippen molar-refractivity contribution in [1.82, 2.24) is 18.9 Å². The summed E-state index contributed by atoms with van der Waals surface area (Å²) in [6, 6.07) is 10.2. The van der Waals surface area contributed by atoms with Crippen molar-refractivity contribution in [3.63, 3.8) is 0 Å². The first-order valence-electron chi connectivity index (χ1n) is 9.34. The Morgan fingerprint density at radius 1 is 1.19 bits per heavy atom. The lowest BCUT2D eigenvalue weighted by atomic mass is 10.1. The summed E-state index contributed by atoms with van der Waals surface area (Å²) in [4.78, 5) is 20.8. The maximum atomic E-state index is 14.9. The number of methoxy groups -OCH3 is 2. The molecule has 0 aliphatic rings. The summed E-state index contributed by atoms with van der Waals surface area (Å²) in [5.74, 6) is -0.0864. The molecule has 7 nitrogen and oxygen atoms in total. The quantitative estimate of drug-likeness (QED) is 0.345. The molecule has 10 heteroatoms. The summed E-state index contributed by atoms with van der Waals surface area (Å²) in [6.45, 7) is 0.972. The lowest BCUT2D eigenvalue weighted by molar-refractivity contribution is 0.0601. The van der Waals surface area contributed by atoms with Crippen LogP contribution in [0.1, 0.15) is 21.7 Å². The van der Waals surface area contributed by atoms with E-state index in [4.69, 9.17) is 9.47 Å². The van der Waals surface area contributed by atoms with Crippen molar-refractivity contribution in [2.45, 2.75) is 13.0 Å². The predicted molar refractivity (Wildman–Crippen MR) is 119 cm³/mol. The number of imidazole rings is 1. The molecule has 0 unspecified atom stereocenters. The molecule has 160 valence electrons. The number of benzene rings is 2.